The van der Waals surface area contributed by atoms with Crippen LogP contribution in [-0.4, -0.2) is 25.1 Å². The van der Waals surface area contributed by atoms with E-state index in [1.165, 1.54) is 0 Å². The van der Waals surface area contributed by atoms with Crippen LogP contribution in [0, 0.1) is 12.7 Å². The first-order valence-corrected chi connectivity index (χ1v) is 9.52. The number of nitrogens with two attached hydrogens (primary N) is 1. The van der Waals surface area contributed by atoms with Crippen molar-refractivity contribution in [2.24, 2.45) is 0 Å². The summed E-state index contributed by atoms with van der Waals surface area (Å²) in [4.78, 5) is 9.21. The summed E-state index contributed by atoms with van der Waals surface area (Å²) in [5.41, 5.74) is 9.95. The molecule has 2 aliphatic rings. The molecule has 0 spiro atoms. The van der Waals surface area contributed by atoms with E-state index in [0.29, 0.717) is 35.4 Å². The molecule has 1 fully saturated rings. The molecule has 2 aromatic heterocycles. The number of benzene rings is 1. The van der Waals surface area contributed by atoms with Crippen LogP contribution < -0.4 is 5.73 Å². The number of imidazole rings is 1. The summed E-state index contributed by atoms with van der Waals surface area (Å²) < 4.78 is 17.2. The summed E-state index contributed by atoms with van der Waals surface area (Å²) in [6.45, 7) is 3.72. The van der Waals surface area contributed by atoms with Crippen molar-refractivity contribution >= 4 is 23.7 Å². The van der Waals surface area contributed by atoms with E-state index in [1.54, 1.807) is 0 Å². The summed E-state index contributed by atoms with van der Waals surface area (Å²) in [7, 11) is 0. The first kappa shape index (κ1) is 19.2. The largest absolute Gasteiger partial charge is 0.390 e. The number of aryl methyl sites for hydroxylation is 2. The second kappa shape index (κ2) is 6.42. The predicted octanol–water partition coefficient (Wildman–Crippen LogP) is 3.96. The Bertz CT molecular complexity index is 1080. The van der Waals surface area contributed by atoms with Gasteiger partial charge in [-0.15, -0.1) is 12.4 Å². The summed E-state index contributed by atoms with van der Waals surface area (Å²) in [5, 5.41) is 10.2. The zero-order valence-electron chi connectivity index (χ0n) is 16.0. The highest BCUT2D eigenvalue weighted by molar-refractivity contribution is 5.86. The van der Waals surface area contributed by atoms with Gasteiger partial charge < -0.3 is 10.8 Å². The smallest absolute Gasteiger partial charge is 0.150 e. The topological polar surface area (TPSA) is 76.4 Å². The number of nitrogen functional groups attached to an aromatic ring is 1. The van der Waals surface area contributed by atoms with Crippen molar-refractivity contribution in [2.45, 2.75) is 57.5 Å². The monoisotopic (exact) mass is 402 g/mol. The molecule has 148 valence electrons. The molecule has 3 N–H and O–H groups in total. The van der Waals surface area contributed by atoms with E-state index in [1.807, 2.05) is 36.6 Å². The number of halogens is 2. The van der Waals surface area contributed by atoms with Crippen LogP contribution in [0.5, 0.6) is 0 Å². The maximum atomic E-state index is 15.3. The first-order valence-electron chi connectivity index (χ1n) is 9.52. The second-order valence-corrected chi connectivity index (χ2v) is 8.33. The lowest BCUT2D eigenvalue weighted by molar-refractivity contribution is -0.0335. The number of fused-ring (bicyclic) bond motifs is 2. The molecule has 5 rings (SSSR count). The molecule has 28 heavy (non-hydrogen) atoms. The van der Waals surface area contributed by atoms with Gasteiger partial charge in [-0.3, -0.25) is 4.40 Å². The highest BCUT2D eigenvalue weighted by Gasteiger charge is 2.42. The van der Waals surface area contributed by atoms with Crippen molar-refractivity contribution in [3.63, 3.8) is 0 Å². The molecule has 0 saturated heterocycles. The number of rotatable bonds is 2. The predicted molar refractivity (Wildman–Crippen MR) is 109 cm³/mol. The third kappa shape index (κ3) is 2.78. The molecule has 0 aliphatic heterocycles. The first-order chi connectivity index (χ1) is 12.8. The maximum Gasteiger partial charge on any atom is 0.150 e. The lowest BCUT2D eigenvalue weighted by Crippen LogP contribution is -2.40. The van der Waals surface area contributed by atoms with Crippen molar-refractivity contribution in [1.82, 2.24) is 14.4 Å². The van der Waals surface area contributed by atoms with E-state index in [4.69, 9.17) is 10.7 Å². The van der Waals surface area contributed by atoms with Crippen LogP contribution >= 0.6 is 12.4 Å². The van der Waals surface area contributed by atoms with E-state index < -0.39 is 5.60 Å². The van der Waals surface area contributed by atoms with Gasteiger partial charge in [-0.2, -0.15) is 0 Å². The van der Waals surface area contributed by atoms with E-state index in [2.05, 4.69) is 4.98 Å². The van der Waals surface area contributed by atoms with Crippen LogP contribution in [0.1, 0.15) is 54.7 Å². The average Bonchev–Trinajstić information content (AvgIpc) is 3.18. The highest BCUT2D eigenvalue weighted by Crippen LogP contribution is 2.46. The molecule has 5 nitrogen and oxygen atoms in total. The standard InChI is InChI=1S/C21H23FN4O.ClH/c1-11-10-26-18(19(23)24-11)17(25-20(26)13-8-21(2,27)9-13)15-7-6-12-4-3-5-14(12)16(15)22;/h6-7,10,13,27H,3-5,8-9H2,1-2H3,(H2,23,24);1H. The van der Waals surface area contributed by atoms with Crippen molar-refractivity contribution < 1.29 is 9.50 Å². The summed E-state index contributed by atoms with van der Waals surface area (Å²) in [5.74, 6) is 1.12. The number of nitrogens with zero attached hydrogens (tertiary/aromatic N) is 3. The zero-order chi connectivity index (χ0) is 18.9. The second-order valence-electron chi connectivity index (χ2n) is 8.33. The van der Waals surface area contributed by atoms with Crippen molar-refractivity contribution in [1.29, 1.82) is 0 Å². The Morgan fingerprint density at radius 1 is 1.25 bits per heavy atom. The van der Waals surface area contributed by atoms with Gasteiger partial charge in [-0.1, -0.05) is 6.07 Å². The molecule has 7 heteroatoms. The fraction of sp³-hybridized carbons (Fsp3) is 0.429. The van der Waals surface area contributed by atoms with Gasteiger partial charge in [0.2, 0.25) is 0 Å². The third-order valence-electron chi connectivity index (χ3n) is 6.00. The number of hydrogen-bond acceptors (Lipinski definition) is 4. The Kier molecular flexibility index (Phi) is 4.39. The lowest BCUT2D eigenvalue weighted by atomic mass is 9.72. The van der Waals surface area contributed by atoms with Gasteiger partial charge in [0.1, 0.15) is 28.7 Å². The molecular weight excluding hydrogens is 379 g/mol. The van der Waals surface area contributed by atoms with E-state index in [0.717, 1.165) is 41.9 Å². The fourth-order valence-corrected chi connectivity index (χ4v) is 4.75. The highest BCUT2D eigenvalue weighted by atomic mass is 35.5. The fourth-order valence-electron chi connectivity index (χ4n) is 4.75. The minimum atomic E-state index is -0.664. The summed E-state index contributed by atoms with van der Waals surface area (Å²) in [6.07, 6.45) is 5.87. The number of hydrogen-bond donors (Lipinski definition) is 2. The molecular formula is C21H24ClFN4O. The minimum Gasteiger partial charge on any atom is -0.390 e. The molecule has 3 aromatic rings. The molecule has 1 aromatic carbocycles. The Labute approximate surface area is 169 Å². The molecule has 0 amide bonds. The Morgan fingerprint density at radius 2 is 2.00 bits per heavy atom. The Balaban J connectivity index is 0.00000192. The van der Waals surface area contributed by atoms with Crippen LogP contribution in [0.2, 0.25) is 0 Å². The normalized spacial score (nSPS) is 23.4. The molecule has 1 saturated carbocycles. The van der Waals surface area contributed by atoms with Crippen molar-refractivity contribution in [3.8, 4) is 11.3 Å². The van der Waals surface area contributed by atoms with Gasteiger partial charge in [0.25, 0.3) is 0 Å². The summed E-state index contributed by atoms with van der Waals surface area (Å²) in [6, 6.07) is 3.83. The van der Waals surface area contributed by atoms with Crippen LogP contribution in [0.3, 0.4) is 0 Å². The maximum absolute atomic E-state index is 15.3. The van der Waals surface area contributed by atoms with Gasteiger partial charge in [-0.05, 0) is 63.1 Å². The Hall–Kier alpha value is -2.18. The van der Waals surface area contributed by atoms with Gasteiger partial charge in [0.05, 0.1) is 11.3 Å². The molecule has 0 radical (unpaired) electrons. The van der Waals surface area contributed by atoms with Crippen LogP contribution in [-0.2, 0) is 12.8 Å². The van der Waals surface area contributed by atoms with E-state index in [-0.39, 0.29) is 24.1 Å². The van der Waals surface area contributed by atoms with Crippen LogP contribution in [0.4, 0.5) is 10.2 Å². The number of aliphatic hydroxyl groups is 1. The molecule has 0 bridgehead atoms. The quantitative estimate of drug-likeness (QED) is 0.680. The van der Waals surface area contributed by atoms with Gasteiger partial charge in [0, 0.05) is 17.7 Å². The number of anilines is 1. The van der Waals surface area contributed by atoms with Crippen LogP contribution in [0.15, 0.2) is 18.3 Å². The summed E-state index contributed by atoms with van der Waals surface area (Å²) >= 11 is 0. The molecule has 2 heterocycles. The lowest BCUT2D eigenvalue weighted by Gasteiger charge is -2.40. The molecule has 0 unspecified atom stereocenters. The third-order valence-corrected chi connectivity index (χ3v) is 6.00. The molecule has 2 aliphatic carbocycles. The van der Waals surface area contributed by atoms with E-state index in [9.17, 15) is 5.11 Å². The van der Waals surface area contributed by atoms with Crippen LogP contribution in [0.25, 0.3) is 16.8 Å². The van der Waals surface area contributed by atoms with Gasteiger partial charge in [0.15, 0.2) is 0 Å². The number of aromatic nitrogens is 3. The minimum absolute atomic E-state index is 0. The van der Waals surface area contributed by atoms with E-state index >= 15 is 4.39 Å². The average molecular weight is 403 g/mol. The van der Waals surface area contributed by atoms with Gasteiger partial charge >= 0.3 is 0 Å². The van der Waals surface area contributed by atoms with Crippen molar-refractivity contribution in [3.05, 3.63) is 46.8 Å². The zero-order valence-corrected chi connectivity index (χ0v) is 16.8. The van der Waals surface area contributed by atoms with Gasteiger partial charge in [-0.25, -0.2) is 14.4 Å². The van der Waals surface area contributed by atoms with Crippen molar-refractivity contribution in [2.75, 3.05) is 5.73 Å². The Morgan fingerprint density at radius 3 is 2.71 bits per heavy atom. The SMILES string of the molecule is Cc1cn2c(C3CC(C)(O)C3)nc(-c3ccc4c(c3F)CCC4)c2c(N)n1.Cl. The molecule has 0 atom stereocenters.